The molecule has 1 aromatic rings. The van der Waals surface area contributed by atoms with Crippen molar-refractivity contribution in [3.05, 3.63) is 17.6 Å². The van der Waals surface area contributed by atoms with Crippen LogP contribution >= 0.6 is 11.8 Å². The van der Waals surface area contributed by atoms with Gasteiger partial charge in [-0.15, -0.1) is 0 Å². The van der Waals surface area contributed by atoms with E-state index in [1.807, 2.05) is 0 Å². The lowest BCUT2D eigenvalue weighted by molar-refractivity contribution is 0.516. The molecule has 2 rings (SSSR count). The van der Waals surface area contributed by atoms with Gasteiger partial charge in [0.1, 0.15) is 11.6 Å². The third kappa shape index (κ3) is 5.85. The van der Waals surface area contributed by atoms with E-state index in [-0.39, 0.29) is 0 Å². The van der Waals surface area contributed by atoms with Crippen LogP contribution in [0, 0.1) is 0 Å². The van der Waals surface area contributed by atoms with Crippen LogP contribution in [0.3, 0.4) is 0 Å². The van der Waals surface area contributed by atoms with E-state index in [1.54, 1.807) is 0 Å². The Morgan fingerprint density at radius 3 is 2.67 bits per heavy atom. The zero-order valence-corrected chi connectivity index (χ0v) is 14.3. The number of hydrogen-bond acceptors (Lipinski definition) is 4. The molecule has 3 nitrogen and oxygen atoms in total. The first-order chi connectivity index (χ1) is 10.3. The van der Waals surface area contributed by atoms with Crippen molar-refractivity contribution in [3.8, 4) is 0 Å². The summed E-state index contributed by atoms with van der Waals surface area (Å²) < 4.78 is 0. The first-order valence-electron chi connectivity index (χ1n) is 8.54. The number of hydrogen-bond donors (Lipinski definition) is 1. The highest BCUT2D eigenvalue weighted by atomic mass is 32.2. The maximum atomic E-state index is 4.74. The van der Waals surface area contributed by atoms with Crippen molar-refractivity contribution >= 4 is 17.6 Å². The molecule has 4 heteroatoms. The Bertz CT molecular complexity index is 416. The molecule has 1 fully saturated rings. The molecule has 0 spiro atoms. The van der Waals surface area contributed by atoms with E-state index in [0.29, 0.717) is 0 Å². The third-order valence-corrected chi connectivity index (χ3v) is 5.26. The van der Waals surface area contributed by atoms with E-state index in [9.17, 15) is 0 Å². The molecule has 0 bridgehead atoms. The molecule has 0 aliphatic heterocycles. The minimum absolute atomic E-state index is 0.823. The van der Waals surface area contributed by atoms with Gasteiger partial charge < -0.3 is 5.32 Å². The van der Waals surface area contributed by atoms with E-state index in [1.165, 1.54) is 37.8 Å². The summed E-state index contributed by atoms with van der Waals surface area (Å²) in [6, 6.07) is 2.12. The van der Waals surface area contributed by atoms with Crippen LogP contribution in [0.25, 0.3) is 0 Å². The van der Waals surface area contributed by atoms with Gasteiger partial charge in [-0.05, 0) is 25.7 Å². The topological polar surface area (TPSA) is 37.8 Å². The average molecular weight is 308 g/mol. The van der Waals surface area contributed by atoms with Gasteiger partial charge >= 0.3 is 0 Å². The summed E-state index contributed by atoms with van der Waals surface area (Å²) in [4.78, 5) is 9.44. The smallest absolute Gasteiger partial charge is 0.140 e. The van der Waals surface area contributed by atoms with E-state index >= 15 is 0 Å². The van der Waals surface area contributed by atoms with Crippen molar-refractivity contribution in [1.29, 1.82) is 0 Å². The fourth-order valence-electron chi connectivity index (χ4n) is 2.77. The molecule has 0 saturated heterocycles. The standard InChI is InChI=1S/C17H29N3S/c1-3-8-14-12-16(18-11-4-2)20-17(19-14)13-21-15-9-6-5-7-10-15/h12,15H,3-11,13H2,1-2H3,(H,18,19,20). The molecule has 1 saturated carbocycles. The fourth-order valence-corrected chi connectivity index (χ4v) is 3.95. The Morgan fingerprint density at radius 2 is 1.95 bits per heavy atom. The van der Waals surface area contributed by atoms with Crippen LogP contribution in [0.4, 0.5) is 5.82 Å². The molecule has 0 unspecified atom stereocenters. The van der Waals surface area contributed by atoms with Crippen LogP contribution in [0.5, 0.6) is 0 Å². The van der Waals surface area contributed by atoms with Gasteiger partial charge in [0.05, 0.1) is 5.75 Å². The first-order valence-corrected chi connectivity index (χ1v) is 9.59. The Labute approximate surface area is 133 Å². The molecule has 1 aliphatic rings. The van der Waals surface area contributed by atoms with Crippen molar-refractivity contribution in [1.82, 2.24) is 9.97 Å². The Morgan fingerprint density at radius 1 is 1.14 bits per heavy atom. The van der Waals surface area contributed by atoms with Crippen LogP contribution in [-0.4, -0.2) is 21.8 Å². The van der Waals surface area contributed by atoms with Crippen molar-refractivity contribution in [2.75, 3.05) is 11.9 Å². The zero-order chi connectivity index (χ0) is 14.9. The van der Waals surface area contributed by atoms with Crippen molar-refractivity contribution in [3.63, 3.8) is 0 Å². The number of rotatable bonds is 8. The van der Waals surface area contributed by atoms with E-state index in [0.717, 1.165) is 48.5 Å². The highest BCUT2D eigenvalue weighted by Crippen LogP contribution is 2.30. The molecular formula is C17H29N3S. The van der Waals surface area contributed by atoms with Gasteiger partial charge in [0.2, 0.25) is 0 Å². The highest BCUT2D eigenvalue weighted by molar-refractivity contribution is 7.99. The fraction of sp³-hybridized carbons (Fsp3) is 0.765. The Hall–Kier alpha value is -0.770. The summed E-state index contributed by atoms with van der Waals surface area (Å²) in [5.41, 5.74) is 1.19. The second-order valence-corrected chi connectivity index (χ2v) is 7.20. The molecule has 0 radical (unpaired) electrons. The molecular weight excluding hydrogens is 278 g/mol. The summed E-state index contributed by atoms with van der Waals surface area (Å²) in [6.07, 6.45) is 10.3. The highest BCUT2D eigenvalue weighted by Gasteiger charge is 2.14. The number of anilines is 1. The zero-order valence-electron chi connectivity index (χ0n) is 13.5. The molecule has 1 aromatic heterocycles. The normalized spacial score (nSPS) is 16.1. The van der Waals surface area contributed by atoms with Gasteiger partial charge in [-0.25, -0.2) is 9.97 Å². The maximum absolute atomic E-state index is 4.74. The van der Waals surface area contributed by atoms with Gasteiger partial charge in [0.25, 0.3) is 0 Å². The molecule has 0 aromatic carbocycles. The molecule has 1 N–H and O–H groups in total. The predicted molar refractivity (Wildman–Crippen MR) is 93.0 cm³/mol. The third-order valence-electron chi connectivity index (χ3n) is 3.89. The minimum atomic E-state index is 0.823. The maximum Gasteiger partial charge on any atom is 0.140 e. The van der Waals surface area contributed by atoms with Gasteiger partial charge in [0, 0.05) is 23.6 Å². The molecule has 21 heavy (non-hydrogen) atoms. The van der Waals surface area contributed by atoms with E-state index in [4.69, 9.17) is 9.97 Å². The van der Waals surface area contributed by atoms with Crippen molar-refractivity contribution in [2.45, 2.75) is 76.2 Å². The molecule has 0 atom stereocenters. The second kappa shape index (κ2) is 9.29. The summed E-state index contributed by atoms with van der Waals surface area (Å²) >= 11 is 2.06. The molecule has 118 valence electrons. The Balaban J connectivity index is 1.96. The number of aromatic nitrogens is 2. The number of nitrogens with zero attached hydrogens (tertiary/aromatic N) is 2. The SMILES string of the molecule is CCCNc1cc(CCC)nc(CSC2CCCCC2)n1. The average Bonchev–Trinajstić information content (AvgIpc) is 2.52. The van der Waals surface area contributed by atoms with Crippen LogP contribution in [0.15, 0.2) is 6.07 Å². The summed E-state index contributed by atoms with van der Waals surface area (Å²) in [6.45, 7) is 5.37. The van der Waals surface area contributed by atoms with Crippen LogP contribution in [-0.2, 0) is 12.2 Å². The van der Waals surface area contributed by atoms with Crippen LogP contribution in [0.1, 0.15) is 70.3 Å². The van der Waals surface area contributed by atoms with E-state index in [2.05, 4.69) is 37.0 Å². The van der Waals surface area contributed by atoms with Gasteiger partial charge in [0.15, 0.2) is 0 Å². The van der Waals surface area contributed by atoms with Crippen molar-refractivity contribution in [2.24, 2.45) is 0 Å². The lowest BCUT2D eigenvalue weighted by Crippen LogP contribution is -2.10. The monoisotopic (exact) mass is 307 g/mol. The minimum Gasteiger partial charge on any atom is -0.370 e. The molecule has 1 heterocycles. The van der Waals surface area contributed by atoms with E-state index < -0.39 is 0 Å². The molecule has 0 amide bonds. The lowest BCUT2D eigenvalue weighted by atomic mass is 10.0. The van der Waals surface area contributed by atoms with Gasteiger partial charge in [-0.3, -0.25) is 0 Å². The summed E-state index contributed by atoms with van der Waals surface area (Å²) in [7, 11) is 0. The van der Waals surface area contributed by atoms with Crippen LogP contribution < -0.4 is 5.32 Å². The predicted octanol–water partition coefficient (Wildman–Crippen LogP) is 4.82. The van der Waals surface area contributed by atoms with Gasteiger partial charge in [-0.2, -0.15) is 11.8 Å². The first kappa shape index (κ1) is 16.6. The number of thioether (sulfide) groups is 1. The largest absolute Gasteiger partial charge is 0.370 e. The van der Waals surface area contributed by atoms with Gasteiger partial charge in [-0.1, -0.05) is 39.5 Å². The summed E-state index contributed by atoms with van der Waals surface area (Å²) in [5.74, 6) is 2.98. The quantitative estimate of drug-likeness (QED) is 0.747. The molecule has 1 aliphatic carbocycles. The van der Waals surface area contributed by atoms with Crippen LogP contribution in [0.2, 0.25) is 0 Å². The lowest BCUT2D eigenvalue weighted by Gasteiger charge is -2.20. The number of aryl methyl sites for hydroxylation is 1. The number of nitrogens with one attached hydrogen (secondary N) is 1. The van der Waals surface area contributed by atoms with Crippen molar-refractivity contribution < 1.29 is 0 Å². The summed E-state index contributed by atoms with van der Waals surface area (Å²) in [5, 5.41) is 4.23. The Kier molecular flexibility index (Phi) is 7.34. The second-order valence-electron chi connectivity index (χ2n) is 5.91.